The number of esters is 1. The number of nitrogens with zero attached hydrogens (tertiary/aromatic N) is 1. The Bertz CT molecular complexity index is 1560. The van der Waals surface area contributed by atoms with Crippen molar-refractivity contribution in [2.45, 2.75) is 102 Å². The van der Waals surface area contributed by atoms with E-state index < -0.39 is 23.7 Å². The van der Waals surface area contributed by atoms with Crippen molar-refractivity contribution in [3.8, 4) is 28.7 Å². The second-order valence-electron chi connectivity index (χ2n) is 14.1. The fraction of sp³-hybridized carbons (Fsp3) is 0.575. The third kappa shape index (κ3) is 9.16. The molecule has 3 heterocycles. The van der Waals surface area contributed by atoms with Gasteiger partial charge in [-0.25, -0.2) is 4.79 Å². The maximum Gasteiger partial charge on any atom is 0.342 e. The molecule has 1 amide bonds. The Hall–Kier alpha value is -4.25. The van der Waals surface area contributed by atoms with Crippen molar-refractivity contribution in [1.82, 2.24) is 10.2 Å². The van der Waals surface area contributed by atoms with Gasteiger partial charge in [0.1, 0.15) is 22.8 Å². The summed E-state index contributed by atoms with van der Waals surface area (Å²) >= 11 is 0. The van der Waals surface area contributed by atoms with E-state index in [2.05, 4.69) is 10.2 Å². The van der Waals surface area contributed by atoms with Gasteiger partial charge in [0, 0.05) is 43.3 Å². The molecule has 0 spiro atoms. The van der Waals surface area contributed by atoms with Crippen molar-refractivity contribution in [3.63, 3.8) is 0 Å². The minimum Gasteiger partial charge on any atom is -0.507 e. The summed E-state index contributed by atoms with van der Waals surface area (Å²) in [4.78, 5) is 42.5. The molecule has 2 aromatic rings. The Labute approximate surface area is 301 Å². The van der Waals surface area contributed by atoms with E-state index >= 15 is 0 Å². The summed E-state index contributed by atoms with van der Waals surface area (Å²) < 4.78 is 22.6. The number of hydrogen-bond acceptors (Lipinski definition) is 10. The van der Waals surface area contributed by atoms with Crippen molar-refractivity contribution in [2.75, 3.05) is 41.0 Å². The van der Waals surface area contributed by atoms with Gasteiger partial charge in [-0.3, -0.25) is 9.59 Å². The topological polar surface area (TPSA) is 144 Å². The van der Waals surface area contributed by atoms with Crippen LogP contribution in [0.2, 0.25) is 0 Å². The van der Waals surface area contributed by atoms with Gasteiger partial charge in [0.05, 0.1) is 27.4 Å². The molecule has 3 aliphatic heterocycles. The number of carbonyl (C=O) groups excluding carboxylic acids is 3. The smallest absolute Gasteiger partial charge is 0.342 e. The maximum absolute atomic E-state index is 13.9. The summed E-state index contributed by atoms with van der Waals surface area (Å²) in [7, 11) is 4.47. The third-order valence-electron chi connectivity index (χ3n) is 10.7. The summed E-state index contributed by atoms with van der Waals surface area (Å²) in [6, 6.07) is 5.25. The lowest BCUT2D eigenvalue weighted by molar-refractivity contribution is -0.122. The Morgan fingerprint density at radius 2 is 1.67 bits per heavy atom. The second-order valence-corrected chi connectivity index (χ2v) is 14.1. The number of amides is 1. The molecule has 5 rings (SSSR count). The van der Waals surface area contributed by atoms with Gasteiger partial charge in [0.2, 0.25) is 11.7 Å². The number of allylic oxidation sites excluding steroid dienone is 1. The number of phenols is 2. The van der Waals surface area contributed by atoms with Gasteiger partial charge >= 0.3 is 5.97 Å². The van der Waals surface area contributed by atoms with Crippen LogP contribution >= 0.6 is 0 Å². The number of piperidine rings is 2. The van der Waals surface area contributed by atoms with Crippen LogP contribution in [-0.4, -0.2) is 85.9 Å². The molecule has 2 saturated heterocycles. The second kappa shape index (κ2) is 17.8. The quantitative estimate of drug-likeness (QED) is 0.247. The van der Waals surface area contributed by atoms with E-state index in [1.54, 1.807) is 25.1 Å². The van der Waals surface area contributed by atoms with Crippen LogP contribution in [0.5, 0.6) is 28.7 Å². The van der Waals surface area contributed by atoms with Crippen LogP contribution in [0.4, 0.5) is 0 Å². The van der Waals surface area contributed by atoms with Crippen LogP contribution in [0.1, 0.15) is 117 Å². The molecule has 0 radical (unpaired) electrons. The number of Topliss-reactive ketones (excluding diaryl/α,β-unsaturated/α-hetero) is 1. The van der Waals surface area contributed by atoms with E-state index in [9.17, 15) is 24.6 Å². The summed E-state index contributed by atoms with van der Waals surface area (Å²) in [5, 5.41) is 26.8. The van der Waals surface area contributed by atoms with Crippen molar-refractivity contribution in [2.24, 2.45) is 5.92 Å². The molecule has 278 valence electrons. The van der Waals surface area contributed by atoms with E-state index in [4.69, 9.17) is 18.9 Å². The van der Waals surface area contributed by atoms with Gasteiger partial charge in [0.15, 0.2) is 11.5 Å². The Balaban J connectivity index is 1.54. The zero-order valence-corrected chi connectivity index (χ0v) is 30.5. The summed E-state index contributed by atoms with van der Waals surface area (Å²) in [6.45, 7) is 4.49. The van der Waals surface area contributed by atoms with Crippen molar-refractivity contribution >= 4 is 23.7 Å². The van der Waals surface area contributed by atoms with Crippen molar-refractivity contribution in [3.05, 3.63) is 46.5 Å². The highest BCUT2D eigenvalue weighted by Crippen LogP contribution is 2.48. The lowest BCUT2D eigenvalue weighted by Gasteiger charge is -2.44. The molecule has 3 aliphatic rings. The average molecular weight is 707 g/mol. The molecule has 0 bridgehead atoms. The fourth-order valence-corrected chi connectivity index (χ4v) is 8.03. The summed E-state index contributed by atoms with van der Waals surface area (Å²) in [5.74, 6) is -1.15. The van der Waals surface area contributed by atoms with Gasteiger partial charge in [-0.1, -0.05) is 18.6 Å². The van der Waals surface area contributed by atoms with Gasteiger partial charge in [-0.05, 0) is 107 Å². The molecule has 0 aromatic heterocycles. The number of rotatable bonds is 9. The normalized spacial score (nSPS) is 23.1. The van der Waals surface area contributed by atoms with E-state index in [0.29, 0.717) is 79.8 Å². The third-order valence-corrected chi connectivity index (χ3v) is 10.7. The largest absolute Gasteiger partial charge is 0.507 e. The van der Waals surface area contributed by atoms with E-state index in [-0.39, 0.29) is 40.6 Å². The maximum atomic E-state index is 13.9. The van der Waals surface area contributed by atoms with Crippen LogP contribution in [0, 0.1) is 5.92 Å². The first-order chi connectivity index (χ1) is 24.6. The molecule has 11 nitrogen and oxygen atoms in total. The number of phenolic OH excluding ortho intramolecular Hbond substituents is 2. The number of ether oxygens (including phenoxy) is 4. The number of cyclic esters (lactones) is 1. The molecule has 51 heavy (non-hydrogen) atoms. The molecule has 3 N–H and O–H groups in total. The summed E-state index contributed by atoms with van der Waals surface area (Å²) in [6.07, 6.45) is 11.7. The molecular formula is C40H54N2O9. The SMILES string of the molecule is COc1cc(C(CC(=O)NC[C@@H]2CCCN3CCCC[C@H]23)c2c(O)cc3c(c2O)C(=O)O[C@@H](C)CCCC(=O)CCC/C=C/3)cc(OC)c1OC. The number of fused-ring (bicyclic) bond motifs is 2. The molecule has 1 unspecified atom stereocenters. The first-order valence-corrected chi connectivity index (χ1v) is 18.4. The van der Waals surface area contributed by atoms with Gasteiger partial charge in [-0.15, -0.1) is 0 Å². The molecule has 4 atom stereocenters. The number of ketones is 1. The Kier molecular flexibility index (Phi) is 13.3. The van der Waals surface area contributed by atoms with Crippen molar-refractivity contribution < 1.29 is 43.5 Å². The monoisotopic (exact) mass is 706 g/mol. The highest BCUT2D eigenvalue weighted by molar-refractivity contribution is 5.98. The van der Waals surface area contributed by atoms with Crippen LogP contribution in [0.25, 0.3) is 6.08 Å². The number of benzene rings is 2. The molecule has 0 saturated carbocycles. The van der Waals surface area contributed by atoms with Gasteiger partial charge in [0.25, 0.3) is 0 Å². The predicted molar refractivity (Wildman–Crippen MR) is 194 cm³/mol. The molecule has 2 fully saturated rings. The zero-order valence-electron chi connectivity index (χ0n) is 30.5. The average Bonchev–Trinajstić information content (AvgIpc) is 3.12. The molecule has 0 aliphatic carbocycles. The lowest BCUT2D eigenvalue weighted by Crippen LogP contribution is -2.51. The minimum atomic E-state index is -0.921. The number of nitrogens with one attached hydrogen (secondary N) is 1. The van der Waals surface area contributed by atoms with Gasteiger partial charge < -0.3 is 39.4 Å². The lowest BCUT2D eigenvalue weighted by atomic mass is 9.83. The first kappa shape index (κ1) is 38.0. The zero-order chi connectivity index (χ0) is 36.5. The predicted octanol–water partition coefficient (Wildman–Crippen LogP) is 6.51. The van der Waals surface area contributed by atoms with Crippen LogP contribution in [-0.2, 0) is 14.3 Å². The molecular weight excluding hydrogens is 652 g/mol. The molecule has 11 heteroatoms. The highest BCUT2D eigenvalue weighted by Gasteiger charge is 2.35. The Morgan fingerprint density at radius 1 is 0.941 bits per heavy atom. The Morgan fingerprint density at radius 3 is 2.39 bits per heavy atom. The number of carbonyl (C=O) groups is 3. The van der Waals surface area contributed by atoms with E-state index in [1.807, 2.05) is 6.08 Å². The van der Waals surface area contributed by atoms with Crippen LogP contribution < -0.4 is 19.5 Å². The van der Waals surface area contributed by atoms with E-state index in [1.165, 1.54) is 40.2 Å². The number of aromatic hydroxyl groups is 2. The van der Waals surface area contributed by atoms with Crippen LogP contribution in [0.3, 0.4) is 0 Å². The number of methoxy groups -OCH3 is 3. The fourth-order valence-electron chi connectivity index (χ4n) is 8.03. The van der Waals surface area contributed by atoms with E-state index in [0.717, 1.165) is 32.4 Å². The van der Waals surface area contributed by atoms with Gasteiger partial charge in [-0.2, -0.15) is 0 Å². The molecule has 2 aromatic carbocycles. The van der Waals surface area contributed by atoms with Crippen LogP contribution in [0.15, 0.2) is 24.3 Å². The minimum absolute atomic E-state index is 0.0130. The number of hydrogen-bond donors (Lipinski definition) is 3. The highest BCUT2D eigenvalue weighted by atomic mass is 16.5. The summed E-state index contributed by atoms with van der Waals surface area (Å²) in [5.41, 5.74) is 0.691. The first-order valence-electron chi connectivity index (χ1n) is 18.4. The van der Waals surface area contributed by atoms with Crippen molar-refractivity contribution in [1.29, 1.82) is 0 Å². The standard InChI is InChI=1S/C40H54N2O9/c1-25-12-10-16-29(43)15-7-5-6-13-26-20-32(44)37(38(46)36(26)40(47)51-25)30(28-21-33(48-2)39(50-4)34(22-28)49-3)23-35(45)41-24-27-14-11-19-42-18-9-8-17-31(27)42/h6,13,20-22,25,27,30-31,44,46H,5,7-12,14-19,23-24H2,1-4H3,(H,41,45)/b13-6+/t25-,27-,30?,31+/m0/s1.